The first-order valence-electron chi connectivity index (χ1n) is 8.08. The number of aromatic hydroxyl groups is 1. The van der Waals surface area contributed by atoms with E-state index in [-0.39, 0.29) is 38.7 Å². The highest BCUT2D eigenvalue weighted by atomic mass is 35.5. The van der Waals surface area contributed by atoms with Crippen molar-refractivity contribution < 1.29 is 24.2 Å². The maximum Gasteiger partial charge on any atom is 0.326 e. The lowest BCUT2D eigenvalue weighted by Gasteiger charge is -2.08. The van der Waals surface area contributed by atoms with Crippen molar-refractivity contribution in [1.82, 2.24) is 4.57 Å². The number of carbonyl (C=O) groups is 3. The molecule has 0 aliphatic rings. The van der Waals surface area contributed by atoms with E-state index in [1.165, 1.54) is 32.2 Å². The number of amides is 2. The molecule has 28 heavy (non-hydrogen) atoms. The smallest absolute Gasteiger partial charge is 0.326 e. The second-order valence-corrected chi connectivity index (χ2v) is 6.34. The van der Waals surface area contributed by atoms with Crippen LogP contribution >= 0.6 is 11.6 Å². The summed E-state index contributed by atoms with van der Waals surface area (Å²) in [7, 11) is 1.39. The summed E-state index contributed by atoms with van der Waals surface area (Å²) in [4.78, 5) is 36.1. The molecule has 0 atom stereocenters. The summed E-state index contributed by atoms with van der Waals surface area (Å²) in [6.45, 7) is 1.40. The molecule has 3 aromatic rings. The lowest BCUT2D eigenvalue weighted by Crippen LogP contribution is -2.19. The Labute approximate surface area is 164 Å². The Morgan fingerprint density at radius 2 is 1.93 bits per heavy atom. The van der Waals surface area contributed by atoms with E-state index < -0.39 is 17.8 Å². The number of primary amides is 1. The van der Waals surface area contributed by atoms with Gasteiger partial charge in [-0.25, -0.2) is 9.36 Å². The third-order valence-electron chi connectivity index (χ3n) is 4.22. The number of rotatable bonds is 4. The van der Waals surface area contributed by atoms with E-state index in [9.17, 15) is 19.5 Å². The SMILES string of the molecule is COc1cccc2c(C(=O)Nc3ccc(C(C)=O)cc3Cl)c(O)n(C(N)=O)c12. The lowest BCUT2D eigenvalue weighted by molar-refractivity contribution is 0.101. The Kier molecular flexibility index (Phi) is 4.98. The van der Waals surface area contributed by atoms with Gasteiger partial charge in [-0.3, -0.25) is 9.59 Å². The molecule has 9 heteroatoms. The first-order chi connectivity index (χ1) is 13.3. The zero-order valence-corrected chi connectivity index (χ0v) is 15.7. The van der Waals surface area contributed by atoms with Crippen LogP contribution in [0, 0.1) is 0 Å². The number of nitrogens with two attached hydrogens (primary N) is 1. The summed E-state index contributed by atoms with van der Waals surface area (Å²) < 4.78 is 6.01. The number of carbonyl (C=O) groups excluding carboxylic acids is 3. The molecule has 2 aromatic carbocycles. The van der Waals surface area contributed by atoms with Crippen LogP contribution in [0.4, 0.5) is 10.5 Å². The molecule has 0 saturated heterocycles. The van der Waals surface area contributed by atoms with Crippen LogP contribution in [0.5, 0.6) is 11.6 Å². The number of fused-ring (bicyclic) bond motifs is 1. The van der Waals surface area contributed by atoms with Crippen molar-refractivity contribution in [2.24, 2.45) is 5.73 Å². The summed E-state index contributed by atoms with van der Waals surface area (Å²) in [6.07, 6.45) is 0. The van der Waals surface area contributed by atoms with Crippen LogP contribution < -0.4 is 15.8 Å². The zero-order valence-electron chi connectivity index (χ0n) is 14.9. The molecule has 2 amide bonds. The number of nitrogens with one attached hydrogen (secondary N) is 1. The largest absolute Gasteiger partial charge is 0.495 e. The number of aromatic nitrogens is 1. The van der Waals surface area contributed by atoms with Gasteiger partial charge in [0.05, 0.1) is 17.8 Å². The molecule has 0 fully saturated rings. The van der Waals surface area contributed by atoms with Gasteiger partial charge < -0.3 is 20.9 Å². The van der Waals surface area contributed by atoms with Gasteiger partial charge in [0.2, 0.25) is 5.88 Å². The van der Waals surface area contributed by atoms with Crippen LogP contribution in [0.3, 0.4) is 0 Å². The number of anilines is 1. The zero-order chi connectivity index (χ0) is 20.6. The third-order valence-corrected chi connectivity index (χ3v) is 4.53. The van der Waals surface area contributed by atoms with Crippen molar-refractivity contribution in [2.45, 2.75) is 6.92 Å². The molecule has 0 spiro atoms. The fraction of sp³-hybridized carbons (Fsp3) is 0.105. The molecule has 8 nitrogen and oxygen atoms in total. The Bertz CT molecular complexity index is 1140. The van der Waals surface area contributed by atoms with Gasteiger partial charge in [0.1, 0.15) is 16.8 Å². The summed E-state index contributed by atoms with van der Waals surface area (Å²) >= 11 is 6.14. The fourth-order valence-electron chi connectivity index (χ4n) is 2.92. The van der Waals surface area contributed by atoms with Crippen LogP contribution in [0.2, 0.25) is 5.02 Å². The summed E-state index contributed by atoms with van der Waals surface area (Å²) in [5.74, 6) is -1.25. The van der Waals surface area contributed by atoms with Gasteiger partial charge >= 0.3 is 6.03 Å². The van der Waals surface area contributed by atoms with E-state index >= 15 is 0 Å². The topological polar surface area (TPSA) is 124 Å². The van der Waals surface area contributed by atoms with Crippen molar-refractivity contribution in [3.63, 3.8) is 0 Å². The lowest BCUT2D eigenvalue weighted by atomic mass is 10.1. The van der Waals surface area contributed by atoms with E-state index in [1.807, 2.05) is 0 Å². The molecule has 4 N–H and O–H groups in total. The second kappa shape index (κ2) is 7.24. The second-order valence-electron chi connectivity index (χ2n) is 5.93. The summed E-state index contributed by atoms with van der Waals surface area (Å²) in [5.41, 5.74) is 5.99. The molecule has 3 rings (SSSR count). The molecule has 0 aliphatic carbocycles. The predicted molar refractivity (Wildman–Crippen MR) is 105 cm³/mol. The van der Waals surface area contributed by atoms with E-state index in [0.29, 0.717) is 5.56 Å². The van der Waals surface area contributed by atoms with Crippen LogP contribution in [-0.2, 0) is 0 Å². The predicted octanol–water partition coefficient (Wildman–Crippen LogP) is 3.39. The highest BCUT2D eigenvalue weighted by Gasteiger charge is 2.27. The minimum atomic E-state index is -0.977. The van der Waals surface area contributed by atoms with Crippen LogP contribution in [0.1, 0.15) is 27.6 Å². The van der Waals surface area contributed by atoms with Gasteiger partial charge in [-0.2, -0.15) is 0 Å². The molecule has 144 valence electrons. The van der Waals surface area contributed by atoms with Crippen molar-refractivity contribution in [1.29, 1.82) is 0 Å². The first-order valence-corrected chi connectivity index (χ1v) is 8.46. The van der Waals surface area contributed by atoms with Crippen molar-refractivity contribution in [2.75, 3.05) is 12.4 Å². The van der Waals surface area contributed by atoms with E-state index in [4.69, 9.17) is 22.1 Å². The fourth-order valence-corrected chi connectivity index (χ4v) is 3.14. The normalized spacial score (nSPS) is 10.7. The minimum Gasteiger partial charge on any atom is -0.495 e. The number of benzene rings is 2. The van der Waals surface area contributed by atoms with Crippen LogP contribution in [-0.4, -0.2) is 34.5 Å². The maximum atomic E-state index is 12.9. The Morgan fingerprint density at radius 1 is 1.21 bits per heavy atom. The van der Waals surface area contributed by atoms with Crippen LogP contribution in [0.15, 0.2) is 36.4 Å². The van der Waals surface area contributed by atoms with E-state index in [0.717, 1.165) is 4.57 Å². The highest BCUT2D eigenvalue weighted by Crippen LogP contribution is 2.37. The van der Waals surface area contributed by atoms with Gasteiger partial charge in [0, 0.05) is 10.9 Å². The van der Waals surface area contributed by atoms with E-state index in [1.54, 1.807) is 18.2 Å². The monoisotopic (exact) mass is 401 g/mol. The number of nitrogens with zero attached hydrogens (tertiary/aromatic N) is 1. The van der Waals surface area contributed by atoms with Gasteiger partial charge in [0.15, 0.2) is 5.78 Å². The summed E-state index contributed by atoms with van der Waals surface area (Å²) in [6, 6.07) is 8.16. The maximum absolute atomic E-state index is 12.9. The van der Waals surface area contributed by atoms with Crippen molar-refractivity contribution in [3.05, 3.63) is 52.5 Å². The minimum absolute atomic E-state index is 0.150. The molecule has 0 bridgehead atoms. The van der Waals surface area contributed by atoms with Gasteiger partial charge in [-0.1, -0.05) is 23.7 Å². The van der Waals surface area contributed by atoms with Crippen molar-refractivity contribution in [3.8, 4) is 11.6 Å². The Hall–Kier alpha value is -3.52. The number of halogens is 1. The van der Waals surface area contributed by atoms with Crippen LogP contribution in [0.25, 0.3) is 10.9 Å². The van der Waals surface area contributed by atoms with E-state index in [2.05, 4.69) is 5.32 Å². The third kappa shape index (κ3) is 3.14. The number of ether oxygens (including phenoxy) is 1. The molecule has 1 aromatic heterocycles. The van der Waals surface area contributed by atoms with Crippen molar-refractivity contribution >= 4 is 45.9 Å². The number of methoxy groups -OCH3 is 1. The number of Topliss-reactive ketones (excluding diaryl/α,β-unsaturated/α-hetero) is 1. The standard InChI is InChI=1S/C19H16ClN3O5/c1-9(24)10-6-7-13(12(20)8-10)22-17(25)15-11-4-3-5-14(28-2)16(11)23(18(15)26)19(21)27/h3-8,26H,1-2H3,(H2,21,27)(H,22,25). The van der Waals surface area contributed by atoms with Gasteiger partial charge in [-0.05, 0) is 31.2 Å². The van der Waals surface area contributed by atoms with Gasteiger partial charge in [0.25, 0.3) is 5.91 Å². The molecule has 0 radical (unpaired) electrons. The number of ketones is 1. The first kappa shape index (κ1) is 19.2. The Morgan fingerprint density at radius 3 is 2.50 bits per heavy atom. The molecule has 0 unspecified atom stereocenters. The molecular weight excluding hydrogens is 386 g/mol. The quantitative estimate of drug-likeness (QED) is 0.578. The molecule has 0 aliphatic heterocycles. The number of para-hydroxylation sites is 1. The molecule has 0 saturated carbocycles. The number of hydrogen-bond donors (Lipinski definition) is 3. The average molecular weight is 402 g/mol. The highest BCUT2D eigenvalue weighted by molar-refractivity contribution is 6.34. The Balaban J connectivity index is 2.11. The average Bonchev–Trinajstić information content (AvgIpc) is 2.95. The molecular formula is C19H16ClN3O5. The van der Waals surface area contributed by atoms with Gasteiger partial charge in [-0.15, -0.1) is 0 Å². The summed E-state index contributed by atoms with van der Waals surface area (Å²) in [5, 5.41) is 13.5. The number of hydrogen-bond acceptors (Lipinski definition) is 5. The molecule has 1 heterocycles.